The Morgan fingerprint density at radius 3 is 1.80 bits per heavy atom. The predicted octanol–water partition coefficient (Wildman–Crippen LogP) is 2.97. The fourth-order valence-corrected chi connectivity index (χ4v) is 2.25. The topological polar surface area (TPSA) is 94.8 Å². The fourth-order valence-electron chi connectivity index (χ4n) is 2.25. The zero-order valence-electron chi connectivity index (χ0n) is 12.0. The van der Waals surface area contributed by atoms with Crippen molar-refractivity contribution < 1.29 is 24.9 Å². The smallest absolute Gasteiger partial charge is 0.306 e. The molecule has 0 fully saturated rings. The Kier molecular flexibility index (Phi) is 9.72. The van der Waals surface area contributed by atoms with Crippen molar-refractivity contribution in [3.63, 3.8) is 0 Å². The van der Waals surface area contributed by atoms with Crippen LogP contribution in [-0.2, 0) is 9.59 Å². The fraction of sp³-hybridized carbons (Fsp3) is 0.733. The van der Waals surface area contributed by atoms with Crippen molar-refractivity contribution in [3.8, 4) is 0 Å². The number of aliphatic carboxylic acids is 2. The molecule has 3 N–H and O–H groups in total. The van der Waals surface area contributed by atoms with E-state index in [4.69, 9.17) is 10.2 Å². The first-order chi connectivity index (χ1) is 9.39. The van der Waals surface area contributed by atoms with Crippen LogP contribution in [0.25, 0.3) is 0 Å². The van der Waals surface area contributed by atoms with Crippen molar-refractivity contribution >= 4 is 11.9 Å². The van der Waals surface area contributed by atoms with E-state index in [0.29, 0.717) is 6.42 Å². The summed E-state index contributed by atoms with van der Waals surface area (Å²) in [5.74, 6) is -2.34. The molecule has 0 aromatic carbocycles. The lowest BCUT2D eigenvalue weighted by Gasteiger charge is -2.24. The highest BCUT2D eigenvalue weighted by molar-refractivity contribution is 5.72. The second kappa shape index (κ2) is 10.4. The predicted molar refractivity (Wildman–Crippen MR) is 76.6 cm³/mol. The van der Waals surface area contributed by atoms with Crippen LogP contribution < -0.4 is 0 Å². The van der Waals surface area contributed by atoms with E-state index in [0.717, 1.165) is 38.5 Å². The molecule has 0 radical (unpaired) electrons. The van der Waals surface area contributed by atoms with Crippen molar-refractivity contribution in [2.75, 3.05) is 0 Å². The number of rotatable bonds is 13. The number of aliphatic hydroxyl groups is 1. The number of allylic oxidation sites excluding steroid dienone is 1. The van der Waals surface area contributed by atoms with Crippen LogP contribution in [0.1, 0.15) is 64.2 Å². The van der Waals surface area contributed by atoms with Crippen LogP contribution in [0.15, 0.2) is 12.7 Å². The van der Waals surface area contributed by atoms with Crippen molar-refractivity contribution in [1.82, 2.24) is 0 Å². The van der Waals surface area contributed by atoms with Crippen LogP contribution >= 0.6 is 0 Å². The molecule has 0 aliphatic rings. The molecule has 5 nitrogen and oxygen atoms in total. The minimum atomic E-state index is -1.62. The standard InChI is InChI=1S/C15H26O5/c1-2-3-4-5-6-7-8-9-10-15(20,11-13(16)17)12-14(18)19/h2,20H,1,3-12H2,(H,16,17)(H,18,19). The van der Waals surface area contributed by atoms with Gasteiger partial charge in [0.1, 0.15) is 0 Å². The van der Waals surface area contributed by atoms with Gasteiger partial charge in [0.2, 0.25) is 0 Å². The maximum absolute atomic E-state index is 10.7. The molecule has 5 heteroatoms. The SMILES string of the molecule is C=CCCCCCCCCC(O)(CC(=O)O)CC(=O)O. The average molecular weight is 286 g/mol. The molecule has 0 rings (SSSR count). The van der Waals surface area contributed by atoms with E-state index in [1.807, 2.05) is 6.08 Å². The van der Waals surface area contributed by atoms with Crippen molar-refractivity contribution in [2.24, 2.45) is 0 Å². The molecule has 0 aromatic rings. The van der Waals surface area contributed by atoms with E-state index in [-0.39, 0.29) is 6.42 Å². The highest BCUT2D eigenvalue weighted by Gasteiger charge is 2.32. The van der Waals surface area contributed by atoms with Gasteiger partial charge in [-0.1, -0.05) is 38.2 Å². The Labute approximate surface area is 120 Å². The summed E-state index contributed by atoms with van der Waals surface area (Å²) in [6.07, 6.45) is 8.04. The van der Waals surface area contributed by atoms with Gasteiger partial charge in [-0.05, 0) is 19.3 Å². The third kappa shape index (κ3) is 10.6. The van der Waals surface area contributed by atoms with Crippen LogP contribution in [0.3, 0.4) is 0 Å². The molecule has 0 aliphatic carbocycles. The second-order valence-corrected chi connectivity index (χ2v) is 5.31. The minimum Gasteiger partial charge on any atom is -0.481 e. The molecule has 116 valence electrons. The summed E-state index contributed by atoms with van der Waals surface area (Å²) in [4.78, 5) is 21.3. The molecule has 0 saturated carbocycles. The molecule has 0 bridgehead atoms. The van der Waals surface area contributed by atoms with E-state index in [1.54, 1.807) is 0 Å². The number of carboxylic acid groups (broad SMARTS) is 2. The summed E-state index contributed by atoms with van der Waals surface area (Å²) >= 11 is 0. The normalized spacial score (nSPS) is 11.2. The molecule has 0 aromatic heterocycles. The second-order valence-electron chi connectivity index (χ2n) is 5.31. The van der Waals surface area contributed by atoms with Crippen LogP contribution in [0, 0.1) is 0 Å². The lowest BCUT2D eigenvalue weighted by molar-refractivity contribution is -0.149. The number of hydrogen-bond acceptors (Lipinski definition) is 3. The van der Waals surface area contributed by atoms with Gasteiger partial charge in [-0.25, -0.2) is 0 Å². The maximum Gasteiger partial charge on any atom is 0.306 e. The largest absolute Gasteiger partial charge is 0.481 e. The summed E-state index contributed by atoms with van der Waals surface area (Å²) in [7, 11) is 0. The minimum absolute atomic E-state index is 0.220. The molecular formula is C15H26O5. The Balaban J connectivity index is 3.87. The molecule has 0 heterocycles. The molecule has 20 heavy (non-hydrogen) atoms. The highest BCUT2D eigenvalue weighted by atomic mass is 16.4. The van der Waals surface area contributed by atoms with Crippen LogP contribution in [0.4, 0.5) is 0 Å². The van der Waals surface area contributed by atoms with Gasteiger partial charge >= 0.3 is 11.9 Å². The average Bonchev–Trinajstić information content (AvgIpc) is 2.30. The number of carbonyl (C=O) groups is 2. The van der Waals surface area contributed by atoms with Gasteiger partial charge in [0.15, 0.2) is 0 Å². The van der Waals surface area contributed by atoms with Crippen molar-refractivity contribution in [3.05, 3.63) is 12.7 Å². The summed E-state index contributed by atoms with van der Waals surface area (Å²) in [5.41, 5.74) is -1.62. The summed E-state index contributed by atoms with van der Waals surface area (Å²) < 4.78 is 0. The first-order valence-electron chi connectivity index (χ1n) is 7.16. The third-order valence-corrected chi connectivity index (χ3v) is 3.26. The Bertz CT molecular complexity index is 295. The van der Waals surface area contributed by atoms with Gasteiger partial charge in [0.25, 0.3) is 0 Å². The molecule has 0 saturated heterocycles. The Morgan fingerprint density at radius 2 is 1.35 bits per heavy atom. The lowest BCUT2D eigenvalue weighted by Crippen LogP contribution is -2.34. The van der Waals surface area contributed by atoms with Crippen LogP contribution in [-0.4, -0.2) is 32.9 Å². The zero-order valence-corrected chi connectivity index (χ0v) is 12.0. The molecule has 0 unspecified atom stereocenters. The Morgan fingerprint density at radius 1 is 0.900 bits per heavy atom. The molecule has 0 spiro atoms. The van der Waals surface area contributed by atoms with E-state index in [1.165, 1.54) is 0 Å². The van der Waals surface area contributed by atoms with Gasteiger partial charge in [0, 0.05) is 0 Å². The number of carboxylic acids is 2. The highest BCUT2D eigenvalue weighted by Crippen LogP contribution is 2.24. The van der Waals surface area contributed by atoms with Gasteiger partial charge < -0.3 is 15.3 Å². The van der Waals surface area contributed by atoms with Gasteiger partial charge in [-0.15, -0.1) is 6.58 Å². The Hall–Kier alpha value is -1.36. The molecule has 0 atom stereocenters. The number of unbranched alkanes of at least 4 members (excludes halogenated alkanes) is 6. The lowest BCUT2D eigenvalue weighted by atomic mass is 9.89. The molecule has 0 amide bonds. The van der Waals surface area contributed by atoms with E-state index < -0.39 is 30.4 Å². The molecular weight excluding hydrogens is 260 g/mol. The maximum atomic E-state index is 10.7. The monoisotopic (exact) mass is 286 g/mol. The van der Waals surface area contributed by atoms with E-state index in [2.05, 4.69) is 6.58 Å². The van der Waals surface area contributed by atoms with Gasteiger partial charge in [-0.3, -0.25) is 9.59 Å². The van der Waals surface area contributed by atoms with Crippen LogP contribution in [0.5, 0.6) is 0 Å². The third-order valence-electron chi connectivity index (χ3n) is 3.26. The number of hydrogen-bond donors (Lipinski definition) is 3. The van der Waals surface area contributed by atoms with Gasteiger partial charge in [-0.2, -0.15) is 0 Å². The molecule has 0 aliphatic heterocycles. The van der Waals surface area contributed by atoms with Crippen LogP contribution in [0.2, 0.25) is 0 Å². The van der Waals surface area contributed by atoms with E-state index >= 15 is 0 Å². The first kappa shape index (κ1) is 18.6. The summed E-state index contributed by atoms with van der Waals surface area (Å²) in [5, 5.41) is 27.5. The summed E-state index contributed by atoms with van der Waals surface area (Å²) in [6, 6.07) is 0. The quantitative estimate of drug-likeness (QED) is 0.357. The van der Waals surface area contributed by atoms with Crippen molar-refractivity contribution in [2.45, 2.75) is 69.8 Å². The zero-order chi connectivity index (χ0) is 15.4. The first-order valence-corrected chi connectivity index (χ1v) is 7.16. The van der Waals surface area contributed by atoms with E-state index in [9.17, 15) is 14.7 Å². The van der Waals surface area contributed by atoms with Crippen molar-refractivity contribution in [1.29, 1.82) is 0 Å². The van der Waals surface area contributed by atoms with Gasteiger partial charge in [0.05, 0.1) is 18.4 Å². The summed E-state index contributed by atoms with van der Waals surface area (Å²) in [6.45, 7) is 3.66.